The van der Waals surface area contributed by atoms with Crippen LogP contribution in [-0.4, -0.2) is 39.8 Å². The van der Waals surface area contributed by atoms with Crippen LogP contribution >= 0.6 is 0 Å². The number of aryl methyl sites for hydroxylation is 1. The molecule has 0 atom stereocenters. The first-order valence-corrected chi connectivity index (χ1v) is 10.1. The first-order valence-electron chi connectivity index (χ1n) is 10.1. The predicted molar refractivity (Wildman–Crippen MR) is 115 cm³/mol. The topological polar surface area (TPSA) is 75.2 Å². The van der Waals surface area contributed by atoms with Gasteiger partial charge in [0, 0.05) is 49.1 Å². The molecule has 4 rings (SSSR count). The minimum Gasteiger partial charge on any atom is -0.339 e. The van der Waals surface area contributed by atoms with Crippen LogP contribution in [0.2, 0.25) is 0 Å². The normalized spacial score (nSPS) is 14.4. The van der Waals surface area contributed by atoms with Gasteiger partial charge in [0.15, 0.2) is 0 Å². The van der Waals surface area contributed by atoms with E-state index >= 15 is 0 Å². The monoisotopic (exact) mass is 400 g/mol. The number of nitrogens with zero attached hydrogens (tertiary/aromatic N) is 3. The molecule has 6 nitrogen and oxygen atoms in total. The number of carbonyl (C=O) groups excluding carboxylic acids is 2. The second-order valence-electron chi connectivity index (χ2n) is 7.57. The van der Waals surface area contributed by atoms with Gasteiger partial charge in [0.1, 0.15) is 0 Å². The maximum atomic E-state index is 13.1. The average Bonchev–Trinajstić information content (AvgIpc) is 2.81. The van der Waals surface area contributed by atoms with Gasteiger partial charge in [-0.3, -0.25) is 19.6 Å². The summed E-state index contributed by atoms with van der Waals surface area (Å²) in [5.74, 6) is 0.221. The van der Waals surface area contributed by atoms with E-state index in [4.69, 9.17) is 0 Å². The van der Waals surface area contributed by atoms with Crippen LogP contribution in [-0.2, 0) is 0 Å². The highest BCUT2D eigenvalue weighted by molar-refractivity contribution is 6.05. The van der Waals surface area contributed by atoms with Gasteiger partial charge in [0.2, 0.25) is 0 Å². The van der Waals surface area contributed by atoms with Crippen LogP contribution in [0.1, 0.15) is 50.6 Å². The molecular formula is C24H24N4O2. The zero-order chi connectivity index (χ0) is 20.9. The van der Waals surface area contributed by atoms with Gasteiger partial charge in [0.05, 0.1) is 5.56 Å². The number of pyridine rings is 2. The Labute approximate surface area is 176 Å². The molecule has 6 heteroatoms. The molecule has 0 saturated carbocycles. The lowest BCUT2D eigenvalue weighted by atomic mass is 9.90. The number of carbonyl (C=O) groups is 2. The smallest absolute Gasteiger partial charge is 0.257 e. The van der Waals surface area contributed by atoms with Crippen molar-refractivity contribution in [1.82, 2.24) is 14.9 Å². The van der Waals surface area contributed by atoms with E-state index in [1.807, 2.05) is 36.4 Å². The molecule has 0 aliphatic carbocycles. The first-order chi connectivity index (χ1) is 14.6. The van der Waals surface area contributed by atoms with E-state index in [9.17, 15) is 9.59 Å². The maximum absolute atomic E-state index is 13.1. The molecule has 30 heavy (non-hydrogen) atoms. The van der Waals surface area contributed by atoms with E-state index in [0.29, 0.717) is 22.7 Å². The number of aromatic nitrogens is 2. The molecule has 1 aromatic carbocycles. The van der Waals surface area contributed by atoms with Gasteiger partial charge in [-0.15, -0.1) is 0 Å². The minimum atomic E-state index is -0.242. The Morgan fingerprint density at radius 3 is 2.43 bits per heavy atom. The van der Waals surface area contributed by atoms with Crippen LogP contribution in [0.3, 0.4) is 0 Å². The van der Waals surface area contributed by atoms with E-state index < -0.39 is 0 Å². The summed E-state index contributed by atoms with van der Waals surface area (Å²) in [7, 11) is 0. The second-order valence-corrected chi connectivity index (χ2v) is 7.57. The standard InChI is InChI=1S/C24H24N4O2/c1-17-4-5-20(15-22(17)27-23(29)21-3-2-10-26-16-21)24(30)28-13-8-19(9-14-28)18-6-11-25-12-7-18/h2-7,10-12,15-16,19H,8-9,13-14H2,1H3,(H,27,29). The Balaban J connectivity index is 1.43. The second kappa shape index (κ2) is 8.86. The summed E-state index contributed by atoms with van der Waals surface area (Å²) in [5.41, 5.74) is 3.89. The highest BCUT2D eigenvalue weighted by Crippen LogP contribution is 2.28. The van der Waals surface area contributed by atoms with Crippen molar-refractivity contribution >= 4 is 17.5 Å². The third kappa shape index (κ3) is 4.38. The van der Waals surface area contributed by atoms with Crippen LogP contribution in [0, 0.1) is 6.92 Å². The predicted octanol–water partition coefficient (Wildman–Crippen LogP) is 4.06. The van der Waals surface area contributed by atoms with Crippen LogP contribution < -0.4 is 5.32 Å². The van der Waals surface area contributed by atoms with Crippen molar-refractivity contribution in [2.45, 2.75) is 25.7 Å². The van der Waals surface area contributed by atoms with Gasteiger partial charge < -0.3 is 10.2 Å². The third-order valence-electron chi connectivity index (χ3n) is 5.62. The summed E-state index contributed by atoms with van der Waals surface area (Å²) in [6.45, 7) is 3.35. The summed E-state index contributed by atoms with van der Waals surface area (Å²) in [4.78, 5) is 35.5. The lowest BCUT2D eigenvalue weighted by Crippen LogP contribution is -2.38. The van der Waals surface area contributed by atoms with Crippen molar-refractivity contribution in [1.29, 1.82) is 0 Å². The fourth-order valence-electron chi connectivity index (χ4n) is 3.82. The number of piperidine rings is 1. The molecule has 2 amide bonds. The Bertz CT molecular complexity index is 1030. The molecule has 3 aromatic rings. The first kappa shape index (κ1) is 19.8. The van der Waals surface area contributed by atoms with Gasteiger partial charge in [-0.25, -0.2) is 0 Å². The van der Waals surface area contributed by atoms with Crippen molar-refractivity contribution in [3.63, 3.8) is 0 Å². The average molecular weight is 400 g/mol. The fourth-order valence-corrected chi connectivity index (χ4v) is 3.82. The van der Waals surface area contributed by atoms with Crippen molar-refractivity contribution in [2.75, 3.05) is 18.4 Å². The fraction of sp³-hybridized carbons (Fsp3) is 0.250. The van der Waals surface area contributed by atoms with Crippen LogP contribution in [0.15, 0.2) is 67.3 Å². The Morgan fingerprint density at radius 2 is 1.73 bits per heavy atom. The molecule has 1 aliphatic rings. The van der Waals surface area contributed by atoms with E-state index in [1.165, 1.54) is 11.8 Å². The zero-order valence-corrected chi connectivity index (χ0v) is 16.9. The molecule has 1 aliphatic heterocycles. The molecule has 2 aromatic heterocycles. The maximum Gasteiger partial charge on any atom is 0.257 e. The largest absolute Gasteiger partial charge is 0.339 e. The zero-order valence-electron chi connectivity index (χ0n) is 16.9. The van der Waals surface area contributed by atoms with Crippen LogP contribution in [0.5, 0.6) is 0 Å². The van der Waals surface area contributed by atoms with E-state index in [-0.39, 0.29) is 11.8 Å². The number of rotatable bonds is 4. The van der Waals surface area contributed by atoms with Crippen molar-refractivity contribution < 1.29 is 9.59 Å². The molecule has 0 spiro atoms. The van der Waals surface area contributed by atoms with E-state index in [0.717, 1.165) is 31.5 Å². The van der Waals surface area contributed by atoms with Gasteiger partial charge in [-0.05, 0) is 73.2 Å². The highest BCUT2D eigenvalue weighted by Gasteiger charge is 2.25. The van der Waals surface area contributed by atoms with E-state index in [2.05, 4.69) is 27.4 Å². The Morgan fingerprint density at radius 1 is 0.967 bits per heavy atom. The number of amides is 2. The number of hydrogen-bond acceptors (Lipinski definition) is 4. The molecule has 0 unspecified atom stereocenters. The number of likely N-dealkylation sites (tertiary alicyclic amines) is 1. The minimum absolute atomic E-state index is 0.0000510. The molecular weight excluding hydrogens is 376 g/mol. The van der Waals surface area contributed by atoms with Gasteiger partial charge in [0.25, 0.3) is 11.8 Å². The molecule has 3 heterocycles. The summed E-state index contributed by atoms with van der Waals surface area (Å²) in [6.07, 6.45) is 8.66. The summed E-state index contributed by atoms with van der Waals surface area (Å²) in [6, 6.07) is 13.0. The van der Waals surface area contributed by atoms with E-state index in [1.54, 1.807) is 24.4 Å². The van der Waals surface area contributed by atoms with Crippen LogP contribution in [0.25, 0.3) is 0 Å². The number of hydrogen-bond donors (Lipinski definition) is 1. The van der Waals surface area contributed by atoms with Crippen molar-refractivity contribution in [2.24, 2.45) is 0 Å². The number of nitrogens with one attached hydrogen (secondary N) is 1. The molecule has 0 bridgehead atoms. The molecule has 1 saturated heterocycles. The van der Waals surface area contributed by atoms with Crippen molar-refractivity contribution in [3.05, 3.63) is 89.5 Å². The summed E-state index contributed by atoms with van der Waals surface area (Å²) < 4.78 is 0. The van der Waals surface area contributed by atoms with Gasteiger partial charge in [-0.1, -0.05) is 6.07 Å². The Hall–Kier alpha value is -3.54. The molecule has 1 N–H and O–H groups in total. The molecule has 152 valence electrons. The van der Waals surface area contributed by atoms with Gasteiger partial charge >= 0.3 is 0 Å². The van der Waals surface area contributed by atoms with Gasteiger partial charge in [-0.2, -0.15) is 0 Å². The number of anilines is 1. The Kier molecular flexibility index (Phi) is 5.84. The third-order valence-corrected chi connectivity index (χ3v) is 5.62. The lowest BCUT2D eigenvalue weighted by Gasteiger charge is -2.32. The van der Waals surface area contributed by atoms with Crippen molar-refractivity contribution in [3.8, 4) is 0 Å². The van der Waals surface area contributed by atoms with Crippen LogP contribution in [0.4, 0.5) is 5.69 Å². The molecule has 1 fully saturated rings. The molecule has 0 radical (unpaired) electrons. The summed E-state index contributed by atoms with van der Waals surface area (Å²) in [5, 5.41) is 2.90. The SMILES string of the molecule is Cc1ccc(C(=O)N2CCC(c3ccncc3)CC2)cc1NC(=O)c1cccnc1. The highest BCUT2D eigenvalue weighted by atomic mass is 16.2. The summed E-state index contributed by atoms with van der Waals surface area (Å²) >= 11 is 0. The quantitative estimate of drug-likeness (QED) is 0.717. The lowest BCUT2D eigenvalue weighted by molar-refractivity contribution is 0.0712. The number of benzene rings is 1.